The minimum absolute atomic E-state index is 0.196. The first kappa shape index (κ1) is 23.5. The first-order valence-corrected chi connectivity index (χ1v) is 12.8. The van der Waals surface area contributed by atoms with E-state index in [0.717, 1.165) is 33.2 Å². The van der Waals surface area contributed by atoms with Crippen LogP contribution >= 0.6 is 11.5 Å². The number of carboxylic acid groups (broad SMARTS) is 1. The number of rotatable bonds is 7. The number of nitrogens with zero attached hydrogens (tertiary/aromatic N) is 4. The molecule has 0 radical (unpaired) electrons. The molecule has 0 aliphatic rings. The summed E-state index contributed by atoms with van der Waals surface area (Å²) in [6, 6.07) is 24.6. The number of pyridine rings is 1. The average molecular weight is 520 g/mol. The van der Waals surface area contributed by atoms with Crippen molar-refractivity contribution in [3.8, 4) is 11.3 Å². The van der Waals surface area contributed by atoms with E-state index >= 15 is 0 Å². The molecular weight excluding hydrogens is 498 g/mol. The monoisotopic (exact) mass is 519 g/mol. The summed E-state index contributed by atoms with van der Waals surface area (Å²) in [6.45, 7) is 0.243. The summed E-state index contributed by atoms with van der Waals surface area (Å²) in [5.74, 6) is -1.27. The van der Waals surface area contributed by atoms with E-state index in [9.17, 15) is 9.59 Å². The van der Waals surface area contributed by atoms with Crippen LogP contribution in [0, 0.1) is 0 Å². The van der Waals surface area contributed by atoms with Gasteiger partial charge in [0.05, 0.1) is 22.5 Å². The van der Waals surface area contributed by atoms with Gasteiger partial charge in [0.1, 0.15) is 5.52 Å². The van der Waals surface area contributed by atoms with E-state index < -0.39 is 5.97 Å². The zero-order valence-corrected chi connectivity index (χ0v) is 20.9. The molecule has 6 rings (SSSR count). The van der Waals surface area contributed by atoms with Crippen LogP contribution in [0.25, 0.3) is 27.5 Å². The molecule has 0 aliphatic carbocycles. The van der Waals surface area contributed by atoms with Crippen LogP contribution in [0.1, 0.15) is 37.5 Å². The van der Waals surface area contributed by atoms with Gasteiger partial charge in [0.15, 0.2) is 0 Å². The number of hydrogen-bond donors (Lipinski definition) is 2. The molecule has 0 saturated heterocycles. The summed E-state index contributed by atoms with van der Waals surface area (Å²) < 4.78 is 6.05. The Bertz CT molecular complexity index is 1790. The molecule has 0 unspecified atom stereocenters. The third-order valence-electron chi connectivity index (χ3n) is 6.40. The van der Waals surface area contributed by atoms with Gasteiger partial charge in [-0.05, 0) is 57.7 Å². The molecule has 38 heavy (non-hydrogen) atoms. The normalized spacial score (nSPS) is 11.2. The topological polar surface area (TPSA) is 109 Å². The van der Waals surface area contributed by atoms with Crippen molar-refractivity contribution in [3.63, 3.8) is 0 Å². The summed E-state index contributed by atoms with van der Waals surface area (Å²) >= 11 is 1.33. The molecule has 2 N–H and O–H groups in total. The van der Waals surface area contributed by atoms with E-state index in [1.807, 2.05) is 35.8 Å². The zero-order chi connectivity index (χ0) is 26.1. The van der Waals surface area contributed by atoms with Crippen LogP contribution < -0.4 is 5.32 Å². The van der Waals surface area contributed by atoms with E-state index in [1.54, 1.807) is 16.6 Å². The van der Waals surface area contributed by atoms with Crippen LogP contribution in [0.4, 0.5) is 0 Å². The van der Waals surface area contributed by atoms with Crippen LogP contribution in [0.15, 0.2) is 90.4 Å². The Labute approximate surface area is 221 Å². The number of carbonyl (C=O) groups is 2. The second kappa shape index (κ2) is 9.87. The molecule has 3 aromatic heterocycles. The Morgan fingerprint density at radius 2 is 1.71 bits per heavy atom. The Morgan fingerprint density at radius 3 is 2.47 bits per heavy atom. The van der Waals surface area contributed by atoms with Crippen molar-refractivity contribution in [2.45, 2.75) is 13.0 Å². The van der Waals surface area contributed by atoms with Gasteiger partial charge in [0.25, 0.3) is 5.91 Å². The number of carbonyl (C=O) groups excluding carboxylic acids is 1. The van der Waals surface area contributed by atoms with E-state index in [4.69, 9.17) is 5.11 Å². The van der Waals surface area contributed by atoms with Crippen molar-refractivity contribution in [2.75, 3.05) is 0 Å². The van der Waals surface area contributed by atoms with E-state index in [0.29, 0.717) is 23.2 Å². The van der Waals surface area contributed by atoms with E-state index in [-0.39, 0.29) is 18.0 Å². The van der Waals surface area contributed by atoms with Gasteiger partial charge in [0, 0.05) is 30.1 Å². The molecule has 0 bridgehead atoms. The van der Waals surface area contributed by atoms with Crippen molar-refractivity contribution >= 4 is 39.7 Å². The SMILES string of the molecule is O=C(O)c1ccc(CNC(=O)c2cc(-c3ccsn3)cn3nnc(Cc4ccc5ccccc5c4)c23)cc1. The van der Waals surface area contributed by atoms with Crippen LogP contribution in [-0.2, 0) is 13.0 Å². The Morgan fingerprint density at radius 1 is 0.921 bits per heavy atom. The molecule has 9 heteroatoms. The third-order valence-corrected chi connectivity index (χ3v) is 6.96. The lowest BCUT2D eigenvalue weighted by Crippen LogP contribution is -2.24. The van der Waals surface area contributed by atoms with Crippen molar-refractivity contribution in [2.24, 2.45) is 0 Å². The van der Waals surface area contributed by atoms with Crippen molar-refractivity contribution in [1.82, 2.24) is 24.5 Å². The minimum atomic E-state index is -0.992. The lowest BCUT2D eigenvalue weighted by Gasteiger charge is -2.10. The van der Waals surface area contributed by atoms with Crippen molar-refractivity contribution < 1.29 is 14.7 Å². The average Bonchev–Trinajstić information content (AvgIpc) is 3.62. The molecule has 3 heterocycles. The maximum Gasteiger partial charge on any atom is 0.335 e. The molecule has 0 atom stereocenters. The van der Waals surface area contributed by atoms with Crippen LogP contribution in [-0.4, -0.2) is 36.2 Å². The smallest absolute Gasteiger partial charge is 0.335 e. The molecule has 1 amide bonds. The number of aromatic carboxylic acids is 1. The summed E-state index contributed by atoms with van der Waals surface area (Å²) in [5, 5.41) is 25.0. The fraction of sp³-hybridized carbons (Fsp3) is 0.0690. The Kier molecular flexibility index (Phi) is 6.11. The number of fused-ring (bicyclic) bond motifs is 2. The summed E-state index contributed by atoms with van der Waals surface area (Å²) in [4.78, 5) is 24.6. The Balaban J connectivity index is 1.35. The van der Waals surface area contributed by atoms with Crippen molar-refractivity contribution in [1.29, 1.82) is 0 Å². The van der Waals surface area contributed by atoms with Gasteiger partial charge in [0.2, 0.25) is 0 Å². The van der Waals surface area contributed by atoms with E-state index in [1.165, 1.54) is 23.7 Å². The predicted octanol–water partition coefficient (Wildman–Crippen LogP) is 5.23. The first-order chi connectivity index (χ1) is 18.5. The van der Waals surface area contributed by atoms with Gasteiger partial charge in [-0.3, -0.25) is 4.79 Å². The molecule has 0 saturated carbocycles. The van der Waals surface area contributed by atoms with Gasteiger partial charge in [-0.2, -0.15) is 4.37 Å². The number of aromatic nitrogens is 4. The van der Waals surface area contributed by atoms with Gasteiger partial charge in [-0.15, -0.1) is 5.10 Å². The fourth-order valence-corrected chi connectivity index (χ4v) is 5.00. The largest absolute Gasteiger partial charge is 0.478 e. The van der Waals surface area contributed by atoms with Gasteiger partial charge < -0.3 is 10.4 Å². The summed E-state index contributed by atoms with van der Waals surface area (Å²) in [6.07, 6.45) is 2.35. The fourth-order valence-electron chi connectivity index (χ4n) is 4.47. The van der Waals surface area contributed by atoms with Crippen molar-refractivity contribution in [3.05, 3.63) is 118 Å². The second-order valence-corrected chi connectivity index (χ2v) is 9.57. The molecule has 6 aromatic rings. The molecular formula is C29H21N5O3S. The summed E-state index contributed by atoms with van der Waals surface area (Å²) in [5.41, 5.74) is 5.34. The van der Waals surface area contributed by atoms with E-state index in [2.05, 4.69) is 50.3 Å². The minimum Gasteiger partial charge on any atom is -0.478 e. The standard InChI is InChI=1S/C29H21N5O3S/c35-28(30-16-18-5-9-21(10-6-18)29(36)37)24-15-23(25-11-12-38-32-25)17-34-27(24)26(31-33-34)14-19-7-8-20-3-1-2-4-22(20)13-19/h1-13,15,17H,14,16H2,(H,30,35)(H,36,37). The molecule has 8 nitrogen and oxygen atoms in total. The highest BCUT2D eigenvalue weighted by molar-refractivity contribution is 7.03. The molecule has 0 spiro atoms. The molecule has 186 valence electrons. The highest BCUT2D eigenvalue weighted by Crippen LogP contribution is 2.26. The van der Waals surface area contributed by atoms with Gasteiger partial charge >= 0.3 is 5.97 Å². The third kappa shape index (κ3) is 4.62. The lowest BCUT2D eigenvalue weighted by atomic mass is 10.0. The lowest BCUT2D eigenvalue weighted by molar-refractivity contribution is 0.0696. The molecule has 0 aliphatic heterocycles. The second-order valence-electron chi connectivity index (χ2n) is 8.90. The summed E-state index contributed by atoms with van der Waals surface area (Å²) in [7, 11) is 0. The molecule has 3 aromatic carbocycles. The highest BCUT2D eigenvalue weighted by atomic mass is 32.1. The number of nitrogens with one attached hydrogen (secondary N) is 1. The highest BCUT2D eigenvalue weighted by Gasteiger charge is 2.20. The van der Waals surface area contributed by atoms with Gasteiger partial charge in [-0.25, -0.2) is 9.31 Å². The Hall–Kier alpha value is -4.89. The first-order valence-electron chi connectivity index (χ1n) is 11.9. The number of benzene rings is 3. The predicted molar refractivity (Wildman–Crippen MR) is 145 cm³/mol. The van der Waals surface area contributed by atoms with Gasteiger partial charge in [-0.1, -0.05) is 59.8 Å². The quantitative estimate of drug-likeness (QED) is 0.299. The number of amides is 1. The van der Waals surface area contributed by atoms with Crippen LogP contribution in [0.2, 0.25) is 0 Å². The maximum absolute atomic E-state index is 13.5. The van der Waals surface area contributed by atoms with Crippen LogP contribution in [0.5, 0.6) is 0 Å². The molecule has 0 fully saturated rings. The number of hydrogen-bond acceptors (Lipinski definition) is 6. The maximum atomic E-state index is 13.5. The zero-order valence-electron chi connectivity index (χ0n) is 20.0. The van der Waals surface area contributed by atoms with Crippen LogP contribution in [0.3, 0.4) is 0 Å². The number of carboxylic acids is 1.